The summed E-state index contributed by atoms with van der Waals surface area (Å²) in [5.41, 5.74) is 0. The Morgan fingerprint density at radius 3 is 2.09 bits per heavy atom. The van der Waals surface area contributed by atoms with E-state index in [0.29, 0.717) is 0 Å². The van der Waals surface area contributed by atoms with Gasteiger partial charge in [0, 0.05) is 6.61 Å². The molecule has 0 amide bonds. The van der Waals surface area contributed by atoms with Crippen molar-refractivity contribution in [3.05, 3.63) is 0 Å². The Kier molecular flexibility index (Phi) is 2.80. The Hall–Kier alpha value is -0.200. The molecule has 0 spiro atoms. The minimum Gasteiger partial charge on any atom is -0.396 e. The van der Waals surface area contributed by atoms with E-state index in [0.717, 1.165) is 0 Å². The Labute approximate surface area is 63.8 Å². The molecule has 1 heterocycles. The van der Waals surface area contributed by atoms with Crippen LogP contribution in [0.3, 0.4) is 0 Å². The zero-order chi connectivity index (χ0) is 8.43. The van der Waals surface area contributed by atoms with Gasteiger partial charge in [0.1, 0.15) is 12.2 Å². The van der Waals surface area contributed by atoms with E-state index < -0.39 is 24.6 Å². The molecule has 0 aromatic carbocycles. The number of aliphatic hydroxyl groups is 4. The molecule has 0 aromatic heterocycles. The normalized spacial score (nSPS) is 44.7. The van der Waals surface area contributed by atoms with Crippen LogP contribution in [0.15, 0.2) is 0 Å². The molecule has 1 rings (SSSR count). The molecule has 4 N–H and O–H groups in total. The fraction of sp³-hybridized carbons (Fsp3) is 1.00. The molecule has 0 unspecified atom stereocenters. The molecule has 4 atom stereocenters. The van der Waals surface area contributed by atoms with Crippen LogP contribution in [0.1, 0.15) is 6.42 Å². The topological polar surface area (TPSA) is 90.2 Å². The predicted molar refractivity (Wildman–Crippen MR) is 34.6 cm³/mol. The van der Waals surface area contributed by atoms with E-state index in [1.165, 1.54) is 0 Å². The second kappa shape index (κ2) is 3.46. The van der Waals surface area contributed by atoms with E-state index in [1.807, 2.05) is 0 Å². The fourth-order valence-electron chi connectivity index (χ4n) is 1.09. The molecule has 1 aliphatic rings. The van der Waals surface area contributed by atoms with Crippen LogP contribution in [0.2, 0.25) is 0 Å². The van der Waals surface area contributed by atoms with E-state index >= 15 is 0 Å². The summed E-state index contributed by atoms with van der Waals surface area (Å²) < 4.78 is 4.72. The highest BCUT2D eigenvalue weighted by molar-refractivity contribution is 4.85. The summed E-state index contributed by atoms with van der Waals surface area (Å²) in [6, 6.07) is 0. The number of rotatable bonds is 2. The molecular weight excluding hydrogens is 152 g/mol. The molecule has 5 nitrogen and oxygen atoms in total. The van der Waals surface area contributed by atoms with Gasteiger partial charge in [0.05, 0.1) is 6.10 Å². The lowest BCUT2D eigenvalue weighted by Crippen LogP contribution is -2.32. The third-order valence-corrected chi connectivity index (χ3v) is 1.75. The second-order valence-electron chi connectivity index (χ2n) is 2.56. The molecular formula is C6H12O5. The van der Waals surface area contributed by atoms with Crippen LogP contribution in [0, 0.1) is 0 Å². The van der Waals surface area contributed by atoms with E-state index in [1.54, 1.807) is 0 Å². The summed E-state index contributed by atoms with van der Waals surface area (Å²) >= 11 is 0. The lowest BCUT2D eigenvalue weighted by Gasteiger charge is -2.11. The van der Waals surface area contributed by atoms with Crippen molar-refractivity contribution in [2.75, 3.05) is 6.61 Å². The van der Waals surface area contributed by atoms with Crippen LogP contribution in [0.5, 0.6) is 0 Å². The minimum absolute atomic E-state index is 0.138. The molecule has 5 heteroatoms. The summed E-state index contributed by atoms with van der Waals surface area (Å²) in [5, 5.41) is 35.4. The maximum Gasteiger partial charge on any atom is 0.183 e. The van der Waals surface area contributed by atoms with E-state index in [-0.39, 0.29) is 13.0 Å². The zero-order valence-electron chi connectivity index (χ0n) is 5.92. The number of hydrogen-bond acceptors (Lipinski definition) is 5. The highest BCUT2D eigenvalue weighted by atomic mass is 16.6. The van der Waals surface area contributed by atoms with Crippen LogP contribution < -0.4 is 0 Å². The Morgan fingerprint density at radius 2 is 1.73 bits per heavy atom. The third kappa shape index (κ3) is 1.69. The van der Waals surface area contributed by atoms with Crippen molar-refractivity contribution >= 4 is 0 Å². The first kappa shape index (κ1) is 8.89. The summed E-state index contributed by atoms with van der Waals surface area (Å²) in [6.07, 6.45) is -4.13. The van der Waals surface area contributed by atoms with Gasteiger partial charge in [0.2, 0.25) is 0 Å². The van der Waals surface area contributed by atoms with Gasteiger partial charge in [-0.3, -0.25) is 0 Å². The number of ether oxygens (including phenoxy) is 1. The fourth-order valence-corrected chi connectivity index (χ4v) is 1.09. The summed E-state index contributed by atoms with van der Waals surface area (Å²) in [7, 11) is 0. The summed E-state index contributed by atoms with van der Waals surface area (Å²) in [5.74, 6) is 0. The highest BCUT2D eigenvalue weighted by Crippen LogP contribution is 2.21. The van der Waals surface area contributed by atoms with Crippen molar-refractivity contribution in [2.45, 2.75) is 31.0 Å². The molecule has 0 bridgehead atoms. The molecule has 1 aliphatic heterocycles. The van der Waals surface area contributed by atoms with Crippen molar-refractivity contribution < 1.29 is 25.2 Å². The van der Waals surface area contributed by atoms with Crippen LogP contribution in [-0.4, -0.2) is 51.6 Å². The smallest absolute Gasteiger partial charge is 0.183 e. The molecule has 0 radical (unpaired) electrons. The molecule has 66 valence electrons. The van der Waals surface area contributed by atoms with E-state index in [9.17, 15) is 0 Å². The number of aliphatic hydroxyl groups excluding tert-OH is 4. The third-order valence-electron chi connectivity index (χ3n) is 1.75. The van der Waals surface area contributed by atoms with E-state index in [2.05, 4.69) is 0 Å². The minimum atomic E-state index is -1.33. The van der Waals surface area contributed by atoms with Crippen molar-refractivity contribution in [3.63, 3.8) is 0 Å². The van der Waals surface area contributed by atoms with Gasteiger partial charge in [-0.1, -0.05) is 0 Å². The van der Waals surface area contributed by atoms with Gasteiger partial charge in [0.25, 0.3) is 0 Å². The van der Waals surface area contributed by atoms with E-state index in [4.69, 9.17) is 25.2 Å². The molecule has 0 aromatic rings. The highest BCUT2D eigenvalue weighted by Gasteiger charge is 2.40. The Balaban J connectivity index is 2.45. The van der Waals surface area contributed by atoms with Gasteiger partial charge >= 0.3 is 0 Å². The largest absolute Gasteiger partial charge is 0.396 e. The first-order valence-electron chi connectivity index (χ1n) is 3.47. The van der Waals surface area contributed by atoms with Crippen molar-refractivity contribution in [3.8, 4) is 0 Å². The quantitative estimate of drug-likeness (QED) is 0.372. The Morgan fingerprint density at radius 1 is 1.09 bits per heavy atom. The van der Waals surface area contributed by atoms with Crippen molar-refractivity contribution in [1.29, 1.82) is 0 Å². The Bertz CT molecular complexity index is 128. The first-order chi connectivity index (χ1) is 5.16. The zero-order valence-corrected chi connectivity index (χ0v) is 5.92. The van der Waals surface area contributed by atoms with Crippen molar-refractivity contribution in [2.24, 2.45) is 0 Å². The van der Waals surface area contributed by atoms with Gasteiger partial charge < -0.3 is 25.2 Å². The van der Waals surface area contributed by atoms with Crippen LogP contribution in [0.4, 0.5) is 0 Å². The molecule has 1 saturated heterocycles. The van der Waals surface area contributed by atoms with Crippen molar-refractivity contribution in [1.82, 2.24) is 0 Å². The summed E-state index contributed by atoms with van der Waals surface area (Å²) in [4.78, 5) is 0. The SMILES string of the molecule is OCC[C@H]1O[C@H](O)[C@H](O)[C@H]1O. The summed E-state index contributed by atoms with van der Waals surface area (Å²) in [6.45, 7) is -0.138. The molecule has 0 aliphatic carbocycles. The molecule has 11 heavy (non-hydrogen) atoms. The maximum absolute atomic E-state index is 9.11. The van der Waals surface area contributed by atoms with Crippen LogP contribution in [-0.2, 0) is 4.74 Å². The van der Waals surface area contributed by atoms with Gasteiger partial charge in [-0.25, -0.2) is 0 Å². The average molecular weight is 164 g/mol. The van der Waals surface area contributed by atoms with Crippen LogP contribution >= 0.6 is 0 Å². The average Bonchev–Trinajstić information content (AvgIpc) is 2.19. The standard InChI is InChI=1S/C6H12O5/c7-2-1-3-4(8)5(9)6(10)11-3/h3-10H,1-2H2/t3-,4+,5-,6+/m1/s1. The van der Waals surface area contributed by atoms with Crippen LogP contribution in [0.25, 0.3) is 0 Å². The molecule has 0 saturated carbocycles. The first-order valence-corrected chi connectivity index (χ1v) is 3.47. The monoisotopic (exact) mass is 164 g/mol. The second-order valence-corrected chi connectivity index (χ2v) is 2.56. The van der Waals surface area contributed by atoms with Gasteiger partial charge in [-0.05, 0) is 6.42 Å². The van der Waals surface area contributed by atoms with Gasteiger partial charge in [-0.15, -0.1) is 0 Å². The maximum atomic E-state index is 9.11. The lowest BCUT2D eigenvalue weighted by atomic mass is 10.1. The molecule has 1 fully saturated rings. The lowest BCUT2D eigenvalue weighted by molar-refractivity contribution is -0.129. The van der Waals surface area contributed by atoms with Gasteiger partial charge in [-0.2, -0.15) is 0 Å². The predicted octanol–water partition coefficient (Wildman–Crippen LogP) is -2.19. The number of hydrogen-bond donors (Lipinski definition) is 4. The van der Waals surface area contributed by atoms with Gasteiger partial charge in [0.15, 0.2) is 6.29 Å².